The summed E-state index contributed by atoms with van der Waals surface area (Å²) in [6.07, 6.45) is 3.34. The van der Waals surface area contributed by atoms with Crippen molar-refractivity contribution in [3.63, 3.8) is 0 Å². The summed E-state index contributed by atoms with van der Waals surface area (Å²) >= 11 is 0. The van der Waals surface area contributed by atoms with Crippen molar-refractivity contribution in [2.75, 3.05) is 11.9 Å². The lowest BCUT2D eigenvalue weighted by Gasteiger charge is -2.25. The molecule has 0 bridgehead atoms. The third-order valence-electron chi connectivity index (χ3n) is 5.97. The van der Waals surface area contributed by atoms with Gasteiger partial charge in [-0.05, 0) is 60.2 Å². The molecule has 8 heteroatoms. The van der Waals surface area contributed by atoms with Crippen LogP contribution < -0.4 is 14.9 Å². The zero-order valence-electron chi connectivity index (χ0n) is 18.9. The van der Waals surface area contributed by atoms with E-state index in [0.29, 0.717) is 0 Å². The molecule has 3 aromatic rings. The first-order valence-electron chi connectivity index (χ1n) is 11.1. The number of carbonyl (C=O) groups is 2. The van der Waals surface area contributed by atoms with Gasteiger partial charge in [0, 0.05) is 19.2 Å². The van der Waals surface area contributed by atoms with Gasteiger partial charge in [0.15, 0.2) is 0 Å². The van der Waals surface area contributed by atoms with Crippen molar-refractivity contribution in [1.82, 2.24) is 10.0 Å². The van der Waals surface area contributed by atoms with E-state index in [1.54, 1.807) is 25.2 Å². The molecular weight excluding hydrogens is 450 g/mol. The molecule has 3 amide bonds. The van der Waals surface area contributed by atoms with Crippen molar-refractivity contribution in [2.45, 2.75) is 36.6 Å². The number of amides is 3. The molecular formula is C26H27N3O4S. The second-order valence-corrected chi connectivity index (χ2v) is 10.0. The SMILES string of the molecule is CN(C(=O)C(Cc1ccccc1)NC(=O)NS(=O)(=O)c1ccccc1)c1ccc2c(c1)CCC2. The number of hydrogen-bond acceptors (Lipinski definition) is 4. The summed E-state index contributed by atoms with van der Waals surface area (Å²) in [6.45, 7) is 0. The van der Waals surface area contributed by atoms with Crippen LogP contribution in [-0.4, -0.2) is 33.4 Å². The highest BCUT2D eigenvalue weighted by molar-refractivity contribution is 7.90. The Morgan fingerprint density at radius 1 is 0.912 bits per heavy atom. The largest absolute Gasteiger partial charge is 0.329 e. The van der Waals surface area contributed by atoms with Gasteiger partial charge in [0.1, 0.15) is 6.04 Å². The van der Waals surface area contributed by atoms with Crippen molar-refractivity contribution in [3.05, 3.63) is 95.6 Å². The molecule has 1 aliphatic rings. The summed E-state index contributed by atoms with van der Waals surface area (Å²) in [6, 6.07) is 20.9. The minimum Gasteiger partial charge on any atom is -0.325 e. The predicted octanol–water partition coefficient (Wildman–Crippen LogP) is 3.44. The standard InChI is InChI=1S/C26H27N3O4S/c1-29(22-16-15-20-11-8-12-21(20)18-22)25(30)24(17-19-9-4-2-5-10-19)27-26(31)28-34(32,33)23-13-6-3-7-14-23/h2-7,9-10,13-16,18,24H,8,11-12,17H2,1H3,(H2,27,28,31). The van der Waals surface area contributed by atoms with Crippen molar-refractivity contribution < 1.29 is 18.0 Å². The number of aryl methyl sites for hydroxylation is 2. The first-order valence-corrected chi connectivity index (χ1v) is 12.6. The maximum absolute atomic E-state index is 13.5. The smallest absolute Gasteiger partial charge is 0.325 e. The minimum atomic E-state index is -4.07. The fourth-order valence-corrected chi connectivity index (χ4v) is 5.08. The lowest BCUT2D eigenvalue weighted by atomic mass is 10.0. The quantitative estimate of drug-likeness (QED) is 0.545. The summed E-state index contributed by atoms with van der Waals surface area (Å²) in [5, 5.41) is 2.57. The van der Waals surface area contributed by atoms with Gasteiger partial charge >= 0.3 is 6.03 Å². The Morgan fingerprint density at radius 3 is 2.26 bits per heavy atom. The van der Waals surface area contributed by atoms with E-state index in [1.807, 2.05) is 53.3 Å². The molecule has 34 heavy (non-hydrogen) atoms. The molecule has 0 fully saturated rings. The first kappa shape index (κ1) is 23.5. The molecule has 7 nitrogen and oxygen atoms in total. The molecule has 0 spiro atoms. The lowest BCUT2D eigenvalue weighted by Crippen LogP contribution is -2.52. The van der Waals surface area contributed by atoms with Gasteiger partial charge in [-0.1, -0.05) is 54.6 Å². The van der Waals surface area contributed by atoms with Crippen molar-refractivity contribution in [1.29, 1.82) is 0 Å². The second-order valence-electron chi connectivity index (χ2n) is 8.34. The molecule has 2 N–H and O–H groups in total. The van der Waals surface area contributed by atoms with Crippen LogP contribution in [0.1, 0.15) is 23.1 Å². The van der Waals surface area contributed by atoms with Crippen LogP contribution in [0.15, 0.2) is 83.8 Å². The third kappa shape index (κ3) is 5.46. The van der Waals surface area contributed by atoms with Gasteiger partial charge in [-0.3, -0.25) is 4.79 Å². The van der Waals surface area contributed by atoms with Crippen LogP contribution in [-0.2, 0) is 34.1 Å². The Kier molecular flexibility index (Phi) is 6.98. The number of anilines is 1. The van der Waals surface area contributed by atoms with Crippen LogP contribution in [0.2, 0.25) is 0 Å². The maximum Gasteiger partial charge on any atom is 0.329 e. The number of likely N-dealkylation sites (N-methyl/N-ethyl adjacent to an activating group) is 1. The van der Waals surface area contributed by atoms with E-state index in [-0.39, 0.29) is 17.2 Å². The van der Waals surface area contributed by atoms with E-state index in [2.05, 4.69) is 5.32 Å². The summed E-state index contributed by atoms with van der Waals surface area (Å²) in [5.41, 5.74) is 4.11. The topological polar surface area (TPSA) is 95.6 Å². The van der Waals surface area contributed by atoms with Gasteiger partial charge in [-0.15, -0.1) is 0 Å². The number of carbonyl (C=O) groups excluding carboxylic acids is 2. The van der Waals surface area contributed by atoms with E-state index in [1.165, 1.54) is 28.2 Å². The number of urea groups is 1. The normalized spacial score (nSPS) is 13.6. The Balaban J connectivity index is 1.54. The monoisotopic (exact) mass is 477 g/mol. The van der Waals surface area contributed by atoms with Crippen LogP contribution >= 0.6 is 0 Å². The van der Waals surface area contributed by atoms with Crippen molar-refractivity contribution in [2.24, 2.45) is 0 Å². The molecule has 1 atom stereocenters. The Bertz CT molecular complexity index is 1280. The average Bonchev–Trinajstić information content (AvgIpc) is 3.31. The molecule has 0 heterocycles. The molecule has 0 radical (unpaired) electrons. The zero-order chi connectivity index (χ0) is 24.1. The summed E-state index contributed by atoms with van der Waals surface area (Å²) in [4.78, 5) is 27.6. The number of nitrogens with one attached hydrogen (secondary N) is 2. The highest BCUT2D eigenvalue weighted by Crippen LogP contribution is 2.27. The number of nitrogens with zero attached hydrogens (tertiary/aromatic N) is 1. The van der Waals surface area contributed by atoms with Crippen molar-refractivity contribution >= 4 is 27.6 Å². The molecule has 0 aromatic heterocycles. The van der Waals surface area contributed by atoms with Gasteiger partial charge in [-0.2, -0.15) is 0 Å². The van der Waals surface area contributed by atoms with E-state index in [0.717, 1.165) is 30.5 Å². The molecule has 1 unspecified atom stereocenters. The van der Waals surface area contributed by atoms with E-state index in [9.17, 15) is 18.0 Å². The third-order valence-corrected chi connectivity index (χ3v) is 7.31. The number of fused-ring (bicyclic) bond motifs is 1. The molecule has 0 saturated heterocycles. The summed E-state index contributed by atoms with van der Waals surface area (Å²) < 4.78 is 27.1. The van der Waals surface area contributed by atoms with E-state index < -0.39 is 22.1 Å². The Morgan fingerprint density at radius 2 is 1.56 bits per heavy atom. The van der Waals surface area contributed by atoms with Gasteiger partial charge in [0.25, 0.3) is 10.0 Å². The number of benzene rings is 3. The van der Waals surface area contributed by atoms with E-state index >= 15 is 0 Å². The van der Waals surface area contributed by atoms with Gasteiger partial charge < -0.3 is 10.2 Å². The summed E-state index contributed by atoms with van der Waals surface area (Å²) in [5.74, 6) is -0.339. The summed E-state index contributed by atoms with van der Waals surface area (Å²) in [7, 11) is -2.41. The van der Waals surface area contributed by atoms with Gasteiger partial charge in [0.2, 0.25) is 5.91 Å². The lowest BCUT2D eigenvalue weighted by molar-refractivity contribution is -0.120. The first-order chi connectivity index (χ1) is 16.3. The average molecular weight is 478 g/mol. The molecule has 4 rings (SSSR count). The second kappa shape index (κ2) is 10.1. The van der Waals surface area contributed by atoms with E-state index in [4.69, 9.17) is 0 Å². The molecule has 1 aliphatic carbocycles. The Labute approximate surface area is 199 Å². The predicted molar refractivity (Wildman–Crippen MR) is 131 cm³/mol. The molecule has 0 saturated carbocycles. The Hall–Kier alpha value is -3.65. The van der Waals surface area contributed by atoms with Crippen LogP contribution in [0.4, 0.5) is 10.5 Å². The van der Waals surface area contributed by atoms with Crippen LogP contribution in [0.5, 0.6) is 0 Å². The minimum absolute atomic E-state index is 0.0358. The van der Waals surface area contributed by atoms with Crippen LogP contribution in [0.25, 0.3) is 0 Å². The van der Waals surface area contributed by atoms with Gasteiger partial charge in [-0.25, -0.2) is 17.9 Å². The van der Waals surface area contributed by atoms with Crippen LogP contribution in [0.3, 0.4) is 0 Å². The number of hydrogen-bond donors (Lipinski definition) is 2. The maximum atomic E-state index is 13.5. The fraction of sp³-hybridized carbons (Fsp3) is 0.231. The molecule has 0 aliphatic heterocycles. The van der Waals surface area contributed by atoms with Gasteiger partial charge in [0.05, 0.1) is 4.90 Å². The highest BCUT2D eigenvalue weighted by atomic mass is 32.2. The van der Waals surface area contributed by atoms with Crippen molar-refractivity contribution in [3.8, 4) is 0 Å². The van der Waals surface area contributed by atoms with Crippen LogP contribution in [0, 0.1) is 0 Å². The number of sulfonamides is 1. The zero-order valence-corrected chi connectivity index (χ0v) is 19.7. The molecule has 3 aromatic carbocycles. The highest BCUT2D eigenvalue weighted by Gasteiger charge is 2.28. The number of rotatable bonds is 7. The molecule has 176 valence electrons. The fourth-order valence-electron chi connectivity index (χ4n) is 4.15.